The van der Waals surface area contributed by atoms with Gasteiger partial charge < -0.3 is 15.3 Å². The van der Waals surface area contributed by atoms with Crippen LogP contribution in [0, 0.1) is 0 Å². The molecule has 0 aliphatic heterocycles. The van der Waals surface area contributed by atoms with Crippen LogP contribution in [0.4, 0.5) is 5.69 Å². The summed E-state index contributed by atoms with van der Waals surface area (Å²) in [6, 6.07) is 5.61. The van der Waals surface area contributed by atoms with E-state index in [9.17, 15) is 5.11 Å². The Morgan fingerprint density at radius 1 is 1.47 bits per heavy atom. The molecule has 1 atom stereocenters. The van der Waals surface area contributed by atoms with Crippen molar-refractivity contribution in [2.24, 2.45) is 0 Å². The molecule has 4 heteroatoms. The van der Waals surface area contributed by atoms with E-state index in [0.717, 1.165) is 11.3 Å². The van der Waals surface area contributed by atoms with E-state index in [-0.39, 0.29) is 0 Å². The Morgan fingerprint density at radius 2 is 2.13 bits per heavy atom. The van der Waals surface area contributed by atoms with Crippen molar-refractivity contribution in [3.63, 3.8) is 0 Å². The monoisotopic (exact) mass is 228 g/mol. The van der Waals surface area contributed by atoms with Crippen LogP contribution in [0.5, 0.6) is 0 Å². The van der Waals surface area contributed by atoms with Crippen LogP contribution < -0.4 is 10.2 Å². The van der Waals surface area contributed by atoms with Crippen LogP contribution in [0.1, 0.15) is 11.7 Å². The smallest absolute Gasteiger partial charge is 0.0914 e. The minimum absolute atomic E-state index is 0.510. The van der Waals surface area contributed by atoms with Crippen LogP contribution >= 0.6 is 11.6 Å². The molecule has 15 heavy (non-hydrogen) atoms. The molecule has 0 radical (unpaired) electrons. The van der Waals surface area contributed by atoms with Gasteiger partial charge >= 0.3 is 0 Å². The third kappa shape index (κ3) is 3.09. The van der Waals surface area contributed by atoms with Crippen molar-refractivity contribution in [3.05, 3.63) is 28.8 Å². The Hall–Kier alpha value is -0.770. The SMILES string of the molecule is CNCC(O)c1ccc(N(C)C)c(Cl)c1. The zero-order valence-corrected chi connectivity index (χ0v) is 10.0. The van der Waals surface area contributed by atoms with Crippen LogP contribution in [-0.4, -0.2) is 32.8 Å². The van der Waals surface area contributed by atoms with Crippen molar-refractivity contribution in [1.82, 2.24) is 5.32 Å². The Kier molecular flexibility index (Phi) is 4.39. The Morgan fingerprint density at radius 3 is 2.60 bits per heavy atom. The molecule has 0 bridgehead atoms. The number of aliphatic hydroxyl groups is 1. The normalized spacial score (nSPS) is 12.6. The summed E-state index contributed by atoms with van der Waals surface area (Å²) >= 11 is 6.10. The van der Waals surface area contributed by atoms with Gasteiger partial charge in [-0.3, -0.25) is 0 Å². The molecule has 1 aromatic rings. The average Bonchev–Trinajstić information content (AvgIpc) is 2.17. The summed E-state index contributed by atoms with van der Waals surface area (Å²) in [5.41, 5.74) is 1.79. The fourth-order valence-electron chi connectivity index (χ4n) is 1.40. The number of hydrogen-bond acceptors (Lipinski definition) is 3. The Balaban J connectivity index is 2.91. The lowest BCUT2D eigenvalue weighted by Crippen LogP contribution is -2.17. The van der Waals surface area contributed by atoms with E-state index >= 15 is 0 Å². The van der Waals surface area contributed by atoms with Gasteiger partial charge in [-0.2, -0.15) is 0 Å². The van der Waals surface area contributed by atoms with Gasteiger partial charge in [0.2, 0.25) is 0 Å². The van der Waals surface area contributed by atoms with E-state index < -0.39 is 6.10 Å². The molecule has 2 N–H and O–H groups in total. The van der Waals surface area contributed by atoms with Crippen molar-refractivity contribution < 1.29 is 5.11 Å². The number of likely N-dealkylation sites (N-methyl/N-ethyl adjacent to an activating group) is 1. The van der Waals surface area contributed by atoms with E-state index in [1.807, 2.05) is 31.1 Å². The zero-order valence-electron chi connectivity index (χ0n) is 9.29. The summed E-state index contributed by atoms with van der Waals surface area (Å²) in [5.74, 6) is 0. The van der Waals surface area contributed by atoms with Gasteiger partial charge in [-0.15, -0.1) is 0 Å². The third-order valence-electron chi connectivity index (χ3n) is 2.24. The molecule has 1 rings (SSSR count). The molecular weight excluding hydrogens is 212 g/mol. The first-order valence-electron chi connectivity index (χ1n) is 4.85. The maximum atomic E-state index is 9.74. The predicted molar refractivity (Wildman–Crippen MR) is 64.7 cm³/mol. The first-order chi connectivity index (χ1) is 7.06. The van der Waals surface area contributed by atoms with Crippen molar-refractivity contribution in [3.8, 4) is 0 Å². The van der Waals surface area contributed by atoms with Gasteiger partial charge in [0.15, 0.2) is 0 Å². The molecule has 84 valence electrons. The molecule has 0 amide bonds. The molecule has 0 aromatic heterocycles. The highest BCUT2D eigenvalue weighted by Crippen LogP contribution is 2.27. The van der Waals surface area contributed by atoms with Gasteiger partial charge in [0.05, 0.1) is 16.8 Å². The summed E-state index contributed by atoms with van der Waals surface area (Å²) < 4.78 is 0. The van der Waals surface area contributed by atoms with Gasteiger partial charge in [0.25, 0.3) is 0 Å². The summed E-state index contributed by atoms with van der Waals surface area (Å²) in [5, 5.41) is 13.3. The van der Waals surface area contributed by atoms with Crippen molar-refractivity contribution in [1.29, 1.82) is 0 Å². The molecule has 0 saturated heterocycles. The number of nitrogens with one attached hydrogen (secondary N) is 1. The summed E-state index contributed by atoms with van der Waals surface area (Å²) in [7, 11) is 5.68. The largest absolute Gasteiger partial charge is 0.387 e. The van der Waals surface area contributed by atoms with Crippen LogP contribution in [0.2, 0.25) is 5.02 Å². The summed E-state index contributed by atoms with van der Waals surface area (Å²) in [6.45, 7) is 0.525. The van der Waals surface area contributed by atoms with Gasteiger partial charge in [0.1, 0.15) is 0 Å². The van der Waals surface area contributed by atoms with Crippen LogP contribution in [-0.2, 0) is 0 Å². The Bertz CT molecular complexity index is 328. The standard InChI is InChI=1S/C11H17ClN2O/c1-13-7-11(15)8-4-5-10(14(2)3)9(12)6-8/h4-6,11,13,15H,7H2,1-3H3. The van der Waals surface area contributed by atoms with Crippen molar-refractivity contribution >= 4 is 17.3 Å². The van der Waals surface area contributed by atoms with Crippen molar-refractivity contribution in [2.45, 2.75) is 6.10 Å². The van der Waals surface area contributed by atoms with E-state index in [0.29, 0.717) is 11.6 Å². The molecule has 0 aliphatic carbocycles. The second kappa shape index (κ2) is 5.35. The molecule has 0 aliphatic rings. The number of hydrogen-bond donors (Lipinski definition) is 2. The number of halogens is 1. The van der Waals surface area contributed by atoms with Crippen LogP contribution in [0.3, 0.4) is 0 Å². The first kappa shape index (κ1) is 12.3. The number of aliphatic hydroxyl groups excluding tert-OH is 1. The Labute approximate surface area is 95.7 Å². The maximum absolute atomic E-state index is 9.74. The molecule has 1 unspecified atom stereocenters. The summed E-state index contributed by atoms with van der Waals surface area (Å²) in [6.07, 6.45) is -0.510. The fraction of sp³-hybridized carbons (Fsp3) is 0.455. The van der Waals surface area contributed by atoms with Gasteiger partial charge in [-0.1, -0.05) is 17.7 Å². The predicted octanol–water partition coefficient (Wildman–Crippen LogP) is 1.66. The molecule has 0 fully saturated rings. The maximum Gasteiger partial charge on any atom is 0.0914 e. The first-order valence-corrected chi connectivity index (χ1v) is 5.23. The number of anilines is 1. The van der Waals surface area contributed by atoms with Gasteiger partial charge in [0, 0.05) is 20.6 Å². The highest BCUT2D eigenvalue weighted by Gasteiger charge is 2.09. The van der Waals surface area contributed by atoms with Crippen molar-refractivity contribution in [2.75, 3.05) is 32.6 Å². The fourth-order valence-corrected chi connectivity index (χ4v) is 1.76. The number of benzene rings is 1. The quantitative estimate of drug-likeness (QED) is 0.823. The summed E-state index contributed by atoms with van der Waals surface area (Å²) in [4.78, 5) is 1.94. The van der Waals surface area contributed by atoms with Crippen LogP contribution in [0.25, 0.3) is 0 Å². The number of rotatable bonds is 4. The second-order valence-electron chi connectivity index (χ2n) is 3.68. The van der Waals surface area contributed by atoms with E-state index in [4.69, 9.17) is 11.6 Å². The lowest BCUT2D eigenvalue weighted by molar-refractivity contribution is 0.178. The second-order valence-corrected chi connectivity index (χ2v) is 4.09. The highest BCUT2D eigenvalue weighted by molar-refractivity contribution is 6.33. The lowest BCUT2D eigenvalue weighted by atomic mass is 10.1. The molecule has 0 spiro atoms. The molecule has 3 nitrogen and oxygen atoms in total. The van der Waals surface area contributed by atoms with Gasteiger partial charge in [-0.05, 0) is 24.7 Å². The lowest BCUT2D eigenvalue weighted by Gasteiger charge is -2.17. The van der Waals surface area contributed by atoms with E-state index in [1.165, 1.54) is 0 Å². The zero-order chi connectivity index (χ0) is 11.4. The van der Waals surface area contributed by atoms with Gasteiger partial charge in [-0.25, -0.2) is 0 Å². The number of nitrogens with zero attached hydrogens (tertiary/aromatic N) is 1. The highest BCUT2D eigenvalue weighted by atomic mass is 35.5. The minimum atomic E-state index is -0.510. The minimum Gasteiger partial charge on any atom is -0.387 e. The molecule has 1 aromatic carbocycles. The average molecular weight is 229 g/mol. The van der Waals surface area contributed by atoms with E-state index in [2.05, 4.69) is 5.32 Å². The molecular formula is C11H17ClN2O. The van der Waals surface area contributed by atoms with Crippen LogP contribution in [0.15, 0.2) is 18.2 Å². The third-order valence-corrected chi connectivity index (χ3v) is 2.54. The van der Waals surface area contributed by atoms with E-state index in [1.54, 1.807) is 13.1 Å². The molecule has 0 saturated carbocycles. The topological polar surface area (TPSA) is 35.5 Å². The molecule has 0 heterocycles.